The van der Waals surface area contributed by atoms with Crippen LogP contribution in [-0.2, 0) is 11.2 Å². The number of aromatic nitrogens is 2. The third-order valence-electron chi connectivity index (χ3n) is 4.04. The highest BCUT2D eigenvalue weighted by Gasteiger charge is 2.24. The van der Waals surface area contributed by atoms with E-state index in [2.05, 4.69) is 9.55 Å². The average molecular weight is 338 g/mol. The molecule has 1 aliphatic heterocycles. The molecule has 1 aliphatic rings. The number of likely N-dealkylation sites (tertiary alicyclic amines) is 1. The molecule has 0 spiro atoms. The Hall–Kier alpha value is -1.52. The summed E-state index contributed by atoms with van der Waals surface area (Å²) < 4.78 is 2.08. The Bertz CT molecular complexity index is 657. The van der Waals surface area contributed by atoms with Crippen molar-refractivity contribution in [2.45, 2.75) is 25.3 Å². The summed E-state index contributed by atoms with van der Waals surface area (Å²) in [6.45, 7) is 1.54. The smallest absolute Gasteiger partial charge is 0.227 e. The lowest BCUT2D eigenvalue weighted by atomic mass is 10.0. The molecule has 4 nitrogen and oxygen atoms in total. The molecule has 1 amide bonds. The molecule has 1 saturated heterocycles. The molecule has 3 rings (SSSR count). The minimum absolute atomic E-state index is 0.128. The molecule has 0 bridgehead atoms. The number of amides is 1. The number of hydrogen-bond acceptors (Lipinski definition) is 2. The zero-order valence-corrected chi connectivity index (χ0v) is 13.6. The van der Waals surface area contributed by atoms with E-state index in [4.69, 9.17) is 23.2 Å². The molecule has 6 heteroatoms. The molecule has 1 fully saturated rings. The van der Waals surface area contributed by atoms with Gasteiger partial charge in [0.15, 0.2) is 0 Å². The zero-order valence-electron chi connectivity index (χ0n) is 12.1. The van der Waals surface area contributed by atoms with Crippen LogP contribution in [0.25, 0.3) is 0 Å². The number of imidazole rings is 1. The standard InChI is InChI=1S/C16H17Cl2N3O/c17-14-4-3-12(8-15(14)18)9-16(22)20-6-1-2-13(10-20)21-7-5-19-11-21/h3-5,7-8,11,13H,1-2,6,9-10H2/t13-/m1/s1. The SMILES string of the molecule is O=C(Cc1ccc(Cl)c(Cl)c1)N1CCC[C@@H](n2ccnc2)C1. The van der Waals surface area contributed by atoms with Crippen LogP contribution in [0.5, 0.6) is 0 Å². The fourth-order valence-corrected chi connectivity index (χ4v) is 3.17. The van der Waals surface area contributed by atoms with Crippen molar-refractivity contribution in [3.8, 4) is 0 Å². The molecule has 22 heavy (non-hydrogen) atoms. The van der Waals surface area contributed by atoms with Crippen LogP contribution < -0.4 is 0 Å². The lowest BCUT2D eigenvalue weighted by Crippen LogP contribution is -2.41. The van der Waals surface area contributed by atoms with Gasteiger partial charge < -0.3 is 9.47 Å². The topological polar surface area (TPSA) is 38.1 Å². The summed E-state index contributed by atoms with van der Waals surface area (Å²) in [4.78, 5) is 18.5. The Balaban J connectivity index is 1.65. The van der Waals surface area contributed by atoms with E-state index in [1.807, 2.05) is 23.5 Å². The molecule has 0 unspecified atom stereocenters. The van der Waals surface area contributed by atoms with Crippen LogP contribution in [0.4, 0.5) is 0 Å². The molecule has 0 saturated carbocycles. The van der Waals surface area contributed by atoms with E-state index in [0.29, 0.717) is 22.5 Å². The van der Waals surface area contributed by atoms with Crippen molar-refractivity contribution in [3.05, 3.63) is 52.5 Å². The highest BCUT2D eigenvalue weighted by atomic mass is 35.5. The average Bonchev–Trinajstić information content (AvgIpc) is 3.05. The van der Waals surface area contributed by atoms with Gasteiger partial charge in [-0.15, -0.1) is 0 Å². The monoisotopic (exact) mass is 337 g/mol. The number of benzene rings is 1. The van der Waals surface area contributed by atoms with E-state index in [1.54, 1.807) is 18.3 Å². The van der Waals surface area contributed by atoms with Gasteiger partial charge in [0, 0.05) is 25.5 Å². The van der Waals surface area contributed by atoms with Gasteiger partial charge in [0.25, 0.3) is 0 Å². The van der Waals surface area contributed by atoms with Crippen molar-refractivity contribution in [2.24, 2.45) is 0 Å². The van der Waals surface area contributed by atoms with Gasteiger partial charge in [0.2, 0.25) is 5.91 Å². The predicted octanol–water partition coefficient (Wildman–Crippen LogP) is 3.60. The fourth-order valence-electron chi connectivity index (χ4n) is 2.85. The van der Waals surface area contributed by atoms with E-state index >= 15 is 0 Å². The first-order valence-electron chi connectivity index (χ1n) is 7.32. The maximum atomic E-state index is 12.5. The van der Waals surface area contributed by atoms with Gasteiger partial charge in [0.1, 0.15) is 0 Å². The van der Waals surface area contributed by atoms with Crippen molar-refractivity contribution < 1.29 is 4.79 Å². The predicted molar refractivity (Wildman–Crippen MR) is 87.2 cm³/mol. The van der Waals surface area contributed by atoms with Gasteiger partial charge in [-0.1, -0.05) is 29.3 Å². The number of piperidine rings is 1. The third-order valence-corrected chi connectivity index (χ3v) is 4.77. The lowest BCUT2D eigenvalue weighted by molar-refractivity contribution is -0.132. The molecule has 1 atom stereocenters. The molecule has 0 aliphatic carbocycles. The molecular weight excluding hydrogens is 321 g/mol. The highest BCUT2D eigenvalue weighted by molar-refractivity contribution is 6.42. The minimum atomic E-state index is 0.128. The van der Waals surface area contributed by atoms with Crippen LogP contribution in [0.1, 0.15) is 24.4 Å². The molecule has 2 aromatic rings. The van der Waals surface area contributed by atoms with Crippen molar-refractivity contribution in [3.63, 3.8) is 0 Å². The van der Waals surface area contributed by atoms with Crippen molar-refractivity contribution in [2.75, 3.05) is 13.1 Å². The van der Waals surface area contributed by atoms with Gasteiger partial charge in [0.05, 0.1) is 28.8 Å². The highest BCUT2D eigenvalue weighted by Crippen LogP contribution is 2.24. The molecule has 116 valence electrons. The van der Waals surface area contributed by atoms with Gasteiger partial charge >= 0.3 is 0 Å². The summed E-state index contributed by atoms with van der Waals surface area (Å²) in [5, 5.41) is 0.998. The van der Waals surface area contributed by atoms with E-state index in [9.17, 15) is 4.79 Å². The Morgan fingerprint density at radius 3 is 2.91 bits per heavy atom. The maximum absolute atomic E-state index is 12.5. The summed E-state index contributed by atoms with van der Waals surface area (Å²) in [6, 6.07) is 5.66. The van der Waals surface area contributed by atoms with Gasteiger partial charge in [-0.3, -0.25) is 4.79 Å². The van der Waals surface area contributed by atoms with Gasteiger partial charge in [-0.25, -0.2) is 4.98 Å². The summed E-state index contributed by atoms with van der Waals surface area (Å²) in [7, 11) is 0. The normalized spacial score (nSPS) is 18.5. The Morgan fingerprint density at radius 1 is 1.32 bits per heavy atom. The molecular formula is C16H17Cl2N3O. The second-order valence-electron chi connectivity index (χ2n) is 5.57. The molecule has 0 radical (unpaired) electrons. The van der Waals surface area contributed by atoms with Crippen LogP contribution in [0.3, 0.4) is 0 Å². The quantitative estimate of drug-likeness (QED) is 0.858. The number of halogens is 2. The second kappa shape index (κ2) is 6.71. The Labute approximate surface area is 139 Å². The Kier molecular flexibility index (Phi) is 4.69. The minimum Gasteiger partial charge on any atom is -0.340 e. The molecule has 1 aromatic carbocycles. The fraction of sp³-hybridized carbons (Fsp3) is 0.375. The van der Waals surface area contributed by atoms with E-state index in [-0.39, 0.29) is 5.91 Å². The zero-order chi connectivity index (χ0) is 15.5. The molecule has 2 heterocycles. The van der Waals surface area contributed by atoms with Crippen molar-refractivity contribution >= 4 is 29.1 Å². The van der Waals surface area contributed by atoms with Crippen LogP contribution in [0.15, 0.2) is 36.9 Å². The first-order valence-corrected chi connectivity index (χ1v) is 8.08. The molecule has 1 aromatic heterocycles. The number of nitrogens with zero attached hydrogens (tertiary/aromatic N) is 3. The van der Waals surface area contributed by atoms with Crippen LogP contribution in [0, 0.1) is 0 Å². The largest absolute Gasteiger partial charge is 0.340 e. The van der Waals surface area contributed by atoms with Crippen LogP contribution in [0.2, 0.25) is 10.0 Å². The molecule has 0 N–H and O–H groups in total. The maximum Gasteiger partial charge on any atom is 0.227 e. The van der Waals surface area contributed by atoms with Crippen molar-refractivity contribution in [1.82, 2.24) is 14.5 Å². The van der Waals surface area contributed by atoms with Gasteiger partial charge in [-0.05, 0) is 30.5 Å². The Morgan fingerprint density at radius 2 is 2.18 bits per heavy atom. The number of rotatable bonds is 3. The van der Waals surface area contributed by atoms with E-state index in [0.717, 1.165) is 31.5 Å². The number of carbonyl (C=O) groups excluding carboxylic acids is 1. The second-order valence-corrected chi connectivity index (χ2v) is 6.39. The summed E-state index contributed by atoms with van der Waals surface area (Å²) in [6.07, 6.45) is 7.99. The summed E-state index contributed by atoms with van der Waals surface area (Å²) in [5.74, 6) is 0.128. The number of hydrogen-bond donors (Lipinski definition) is 0. The van der Waals surface area contributed by atoms with Crippen molar-refractivity contribution in [1.29, 1.82) is 0 Å². The first-order chi connectivity index (χ1) is 10.6. The summed E-state index contributed by atoms with van der Waals surface area (Å²) in [5.41, 5.74) is 0.893. The van der Waals surface area contributed by atoms with Crippen LogP contribution in [-0.4, -0.2) is 33.4 Å². The third kappa shape index (κ3) is 3.45. The number of carbonyl (C=O) groups is 1. The van der Waals surface area contributed by atoms with E-state index < -0.39 is 0 Å². The first kappa shape index (κ1) is 15.4. The van der Waals surface area contributed by atoms with Crippen LogP contribution >= 0.6 is 23.2 Å². The summed E-state index contributed by atoms with van der Waals surface area (Å²) >= 11 is 11.9. The lowest BCUT2D eigenvalue weighted by Gasteiger charge is -2.33. The van der Waals surface area contributed by atoms with Gasteiger partial charge in [-0.2, -0.15) is 0 Å². The van der Waals surface area contributed by atoms with E-state index in [1.165, 1.54) is 0 Å².